The van der Waals surface area contributed by atoms with Crippen molar-refractivity contribution in [3.05, 3.63) is 16.1 Å². The predicted molar refractivity (Wildman–Crippen MR) is 60.1 cm³/mol. The molecule has 3 nitrogen and oxygen atoms in total. The number of carbonyl (C=O) groups is 1. The van der Waals surface area contributed by atoms with Crippen molar-refractivity contribution in [1.29, 1.82) is 0 Å². The van der Waals surface area contributed by atoms with E-state index in [-0.39, 0.29) is 5.01 Å². The summed E-state index contributed by atoms with van der Waals surface area (Å²) < 4.78 is 0. The molecule has 0 spiro atoms. The first-order valence-corrected chi connectivity index (χ1v) is 6.53. The fraction of sp³-hybridized carbons (Fsp3) is 0.556. The summed E-state index contributed by atoms with van der Waals surface area (Å²) in [6.45, 7) is 2.16. The van der Waals surface area contributed by atoms with Gasteiger partial charge in [0.05, 0.1) is 5.69 Å². The average molecular weight is 231 g/mol. The van der Waals surface area contributed by atoms with Crippen LogP contribution in [0.4, 0.5) is 0 Å². The van der Waals surface area contributed by atoms with Gasteiger partial charge in [0.1, 0.15) is 0 Å². The number of aromatic carboxylic acids is 1. The van der Waals surface area contributed by atoms with Crippen LogP contribution in [0.5, 0.6) is 0 Å². The van der Waals surface area contributed by atoms with Gasteiger partial charge in [0.15, 0.2) is 0 Å². The Labute approximate surface area is 91.6 Å². The standard InChI is InChI=1S/C9H13NO2S2/c1-2-3-4-13-5-7-6-14-8(10-7)9(11)12/h6H,2-5H2,1H3,(H,11,12). The minimum atomic E-state index is -0.931. The highest BCUT2D eigenvalue weighted by atomic mass is 32.2. The molecule has 0 saturated heterocycles. The highest BCUT2D eigenvalue weighted by Gasteiger charge is 2.08. The molecule has 1 heterocycles. The largest absolute Gasteiger partial charge is 0.476 e. The topological polar surface area (TPSA) is 50.2 Å². The van der Waals surface area contributed by atoms with E-state index in [1.165, 1.54) is 24.2 Å². The Bertz CT molecular complexity index is 299. The van der Waals surface area contributed by atoms with Gasteiger partial charge in [0.25, 0.3) is 0 Å². The minimum Gasteiger partial charge on any atom is -0.476 e. The normalized spacial score (nSPS) is 10.4. The number of nitrogens with zero attached hydrogens (tertiary/aromatic N) is 1. The van der Waals surface area contributed by atoms with Gasteiger partial charge in [-0.25, -0.2) is 9.78 Å². The Morgan fingerprint density at radius 2 is 2.50 bits per heavy atom. The highest BCUT2D eigenvalue weighted by molar-refractivity contribution is 7.98. The number of aromatic nitrogens is 1. The van der Waals surface area contributed by atoms with Gasteiger partial charge in [-0.1, -0.05) is 13.3 Å². The van der Waals surface area contributed by atoms with E-state index in [1.54, 1.807) is 0 Å². The zero-order valence-electron chi connectivity index (χ0n) is 8.02. The van der Waals surface area contributed by atoms with Crippen molar-refractivity contribution in [3.63, 3.8) is 0 Å². The first kappa shape index (κ1) is 11.5. The molecule has 0 saturated carbocycles. The maximum Gasteiger partial charge on any atom is 0.365 e. The average Bonchev–Trinajstić information content (AvgIpc) is 2.61. The summed E-state index contributed by atoms with van der Waals surface area (Å²) in [6.07, 6.45) is 2.41. The van der Waals surface area contributed by atoms with Crippen molar-refractivity contribution < 1.29 is 9.90 Å². The predicted octanol–water partition coefficient (Wildman–Crippen LogP) is 2.87. The van der Waals surface area contributed by atoms with Crippen LogP contribution < -0.4 is 0 Å². The zero-order chi connectivity index (χ0) is 10.4. The number of unbranched alkanes of at least 4 members (excludes halogenated alkanes) is 1. The number of carboxylic acid groups (broad SMARTS) is 1. The van der Waals surface area contributed by atoms with Crippen LogP contribution in [0, 0.1) is 0 Å². The molecule has 0 aliphatic heterocycles. The van der Waals surface area contributed by atoms with Crippen molar-refractivity contribution in [2.75, 3.05) is 5.75 Å². The molecule has 1 aromatic rings. The summed E-state index contributed by atoms with van der Waals surface area (Å²) in [7, 11) is 0. The SMILES string of the molecule is CCCCSCc1csc(C(=O)O)n1. The van der Waals surface area contributed by atoms with E-state index in [0.717, 1.165) is 17.2 Å². The molecule has 78 valence electrons. The third-order valence-corrected chi connectivity index (χ3v) is 3.58. The van der Waals surface area contributed by atoms with Crippen LogP contribution >= 0.6 is 23.1 Å². The number of thioether (sulfide) groups is 1. The quantitative estimate of drug-likeness (QED) is 0.765. The summed E-state index contributed by atoms with van der Waals surface area (Å²) in [5, 5.41) is 10.7. The van der Waals surface area contributed by atoms with Crippen LogP contribution in [0.1, 0.15) is 35.3 Å². The van der Waals surface area contributed by atoms with E-state index in [4.69, 9.17) is 5.11 Å². The molecular formula is C9H13NO2S2. The smallest absolute Gasteiger partial charge is 0.365 e. The number of carboxylic acids is 1. The van der Waals surface area contributed by atoms with Gasteiger partial charge in [0.2, 0.25) is 5.01 Å². The van der Waals surface area contributed by atoms with E-state index in [2.05, 4.69) is 11.9 Å². The van der Waals surface area contributed by atoms with Crippen LogP contribution in [-0.2, 0) is 5.75 Å². The zero-order valence-corrected chi connectivity index (χ0v) is 9.66. The maximum absolute atomic E-state index is 10.5. The number of thiazole rings is 1. The van der Waals surface area contributed by atoms with Crippen LogP contribution in [0.25, 0.3) is 0 Å². The first-order chi connectivity index (χ1) is 6.74. The van der Waals surface area contributed by atoms with Gasteiger partial charge in [-0.15, -0.1) is 11.3 Å². The Hall–Kier alpha value is -0.550. The molecule has 0 unspecified atom stereocenters. The number of hydrogen-bond acceptors (Lipinski definition) is 4. The van der Waals surface area contributed by atoms with Gasteiger partial charge in [-0.2, -0.15) is 11.8 Å². The summed E-state index contributed by atoms with van der Waals surface area (Å²) in [5.41, 5.74) is 0.883. The van der Waals surface area contributed by atoms with Crippen molar-refractivity contribution in [2.24, 2.45) is 0 Å². The second kappa shape index (κ2) is 6.03. The minimum absolute atomic E-state index is 0.191. The van der Waals surface area contributed by atoms with Crippen LogP contribution in [0.3, 0.4) is 0 Å². The summed E-state index contributed by atoms with van der Waals surface area (Å²) in [6, 6.07) is 0. The second-order valence-corrected chi connectivity index (χ2v) is 4.82. The third-order valence-electron chi connectivity index (χ3n) is 1.63. The molecule has 0 bridgehead atoms. The number of rotatable bonds is 6. The lowest BCUT2D eigenvalue weighted by atomic mass is 10.4. The van der Waals surface area contributed by atoms with Gasteiger partial charge >= 0.3 is 5.97 Å². The van der Waals surface area contributed by atoms with Gasteiger partial charge in [-0.3, -0.25) is 0 Å². The summed E-state index contributed by atoms with van der Waals surface area (Å²) in [5.74, 6) is 1.01. The summed E-state index contributed by atoms with van der Waals surface area (Å²) in [4.78, 5) is 14.5. The molecule has 0 aliphatic rings. The van der Waals surface area contributed by atoms with Crippen molar-refractivity contribution in [1.82, 2.24) is 4.98 Å². The van der Waals surface area contributed by atoms with E-state index < -0.39 is 5.97 Å². The summed E-state index contributed by atoms with van der Waals surface area (Å²) >= 11 is 3.00. The van der Waals surface area contributed by atoms with E-state index in [1.807, 2.05) is 17.1 Å². The van der Waals surface area contributed by atoms with E-state index >= 15 is 0 Å². The molecule has 0 atom stereocenters. The molecule has 1 N–H and O–H groups in total. The Morgan fingerprint density at radius 1 is 1.71 bits per heavy atom. The van der Waals surface area contributed by atoms with Crippen molar-refractivity contribution in [2.45, 2.75) is 25.5 Å². The lowest BCUT2D eigenvalue weighted by Gasteiger charge is -1.95. The monoisotopic (exact) mass is 231 g/mol. The van der Waals surface area contributed by atoms with Crippen molar-refractivity contribution in [3.8, 4) is 0 Å². The highest BCUT2D eigenvalue weighted by Crippen LogP contribution is 2.16. The molecule has 0 aliphatic carbocycles. The Kier molecular flexibility index (Phi) is 4.97. The van der Waals surface area contributed by atoms with Crippen LogP contribution in [0.2, 0.25) is 0 Å². The molecule has 1 aromatic heterocycles. The first-order valence-electron chi connectivity index (χ1n) is 4.49. The lowest BCUT2D eigenvalue weighted by Crippen LogP contribution is -1.95. The molecule has 0 fully saturated rings. The van der Waals surface area contributed by atoms with Crippen molar-refractivity contribution >= 4 is 29.1 Å². The van der Waals surface area contributed by atoms with E-state index in [0.29, 0.717) is 0 Å². The number of hydrogen-bond donors (Lipinski definition) is 1. The molecule has 5 heteroatoms. The molecule has 1 rings (SSSR count). The second-order valence-electron chi connectivity index (χ2n) is 2.86. The fourth-order valence-corrected chi connectivity index (χ4v) is 2.65. The van der Waals surface area contributed by atoms with Gasteiger partial charge in [-0.05, 0) is 12.2 Å². The lowest BCUT2D eigenvalue weighted by molar-refractivity contribution is 0.0696. The van der Waals surface area contributed by atoms with Gasteiger partial charge < -0.3 is 5.11 Å². The molecule has 0 amide bonds. The van der Waals surface area contributed by atoms with Crippen LogP contribution in [-0.4, -0.2) is 21.8 Å². The molecule has 0 radical (unpaired) electrons. The Balaban J connectivity index is 2.33. The molecular weight excluding hydrogens is 218 g/mol. The molecule has 14 heavy (non-hydrogen) atoms. The molecule has 0 aromatic carbocycles. The Morgan fingerprint density at radius 3 is 3.07 bits per heavy atom. The fourth-order valence-electron chi connectivity index (χ4n) is 0.895. The van der Waals surface area contributed by atoms with Crippen LogP contribution in [0.15, 0.2) is 5.38 Å². The van der Waals surface area contributed by atoms with E-state index in [9.17, 15) is 4.79 Å². The third kappa shape index (κ3) is 3.67. The maximum atomic E-state index is 10.5. The van der Waals surface area contributed by atoms with Gasteiger partial charge in [0, 0.05) is 11.1 Å².